The van der Waals surface area contributed by atoms with Gasteiger partial charge in [-0.15, -0.1) is 0 Å². The molecule has 2 rings (SSSR count). The van der Waals surface area contributed by atoms with Crippen molar-refractivity contribution in [2.24, 2.45) is 5.92 Å². The molecule has 0 radical (unpaired) electrons. The Morgan fingerprint density at radius 3 is 2.76 bits per heavy atom. The number of nitrogens with one attached hydrogen (secondary N) is 1. The fourth-order valence-corrected chi connectivity index (χ4v) is 3.12. The minimum Gasteiger partial charge on any atom is -0.479 e. The first-order valence-corrected chi connectivity index (χ1v) is 7.43. The number of carbonyl (C=O) groups excluding carboxylic acids is 1. The van der Waals surface area contributed by atoms with Gasteiger partial charge in [-0.2, -0.15) is 0 Å². The maximum absolute atomic E-state index is 12.6. The largest absolute Gasteiger partial charge is 0.479 e. The zero-order chi connectivity index (χ0) is 15.6. The highest BCUT2D eigenvalue weighted by molar-refractivity contribution is 5.99. The van der Waals surface area contributed by atoms with Crippen LogP contribution in [0, 0.1) is 12.8 Å². The Morgan fingerprint density at radius 2 is 2.19 bits per heavy atom. The molecule has 6 nitrogen and oxygen atoms in total. The monoisotopic (exact) mass is 294 g/mol. The van der Waals surface area contributed by atoms with Crippen molar-refractivity contribution in [2.45, 2.75) is 58.4 Å². The predicted octanol–water partition coefficient (Wildman–Crippen LogP) is 2.31. The first-order valence-electron chi connectivity index (χ1n) is 7.43. The number of amides is 1. The van der Waals surface area contributed by atoms with E-state index in [-0.39, 0.29) is 5.92 Å². The van der Waals surface area contributed by atoms with Crippen molar-refractivity contribution < 1.29 is 19.2 Å². The van der Waals surface area contributed by atoms with Crippen molar-refractivity contribution in [3.8, 4) is 0 Å². The number of nitrogens with zero attached hydrogens (tertiary/aromatic N) is 1. The molecule has 1 aliphatic carbocycles. The lowest BCUT2D eigenvalue weighted by atomic mass is 9.73. The Kier molecular flexibility index (Phi) is 4.34. The summed E-state index contributed by atoms with van der Waals surface area (Å²) in [6.07, 6.45) is 3.63. The van der Waals surface area contributed by atoms with Crippen LogP contribution in [0.5, 0.6) is 0 Å². The van der Waals surface area contributed by atoms with Crippen LogP contribution in [0.4, 0.5) is 0 Å². The summed E-state index contributed by atoms with van der Waals surface area (Å²) in [5.41, 5.74) is -0.255. The van der Waals surface area contributed by atoms with Crippen LogP contribution in [0.3, 0.4) is 0 Å². The van der Waals surface area contributed by atoms with E-state index in [0.717, 1.165) is 19.3 Å². The van der Waals surface area contributed by atoms with Crippen LogP contribution in [0.15, 0.2) is 4.52 Å². The van der Waals surface area contributed by atoms with Crippen molar-refractivity contribution >= 4 is 11.9 Å². The molecular weight excluding hydrogens is 272 g/mol. The van der Waals surface area contributed by atoms with Gasteiger partial charge < -0.3 is 14.9 Å². The highest BCUT2D eigenvalue weighted by atomic mass is 16.5. The summed E-state index contributed by atoms with van der Waals surface area (Å²) in [7, 11) is 0. The van der Waals surface area contributed by atoms with Crippen LogP contribution in [0.25, 0.3) is 0 Å². The lowest BCUT2D eigenvalue weighted by molar-refractivity contribution is -0.148. The zero-order valence-electron chi connectivity index (χ0n) is 12.7. The van der Waals surface area contributed by atoms with Gasteiger partial charge >= 0.3 is 5.97 Å². The summed E-state index contributed by atoms with van der Waals surface area (Å²) in [5, 5.41) is 16.3. The normalized spacial score (nSPS) is 25.6. The second-order valence-electron chi connectivity index (χ2n) is 5.79. The van der Waals surface area contributed by atoms with E-state index in [1.54, 1.807) is 6.92 Å². The summed E-state index contributed by atoms with van der Waals surface area (Å²) in [5.74, 6) is -1.04. The maximum atomic E-state index is 12.6. The van der Waals surface area contributed by atoms with Crippen LogP contribution in [0.1, 0.15) is 61.3 Å². The fraction of sp³-hybridized carbons (Fsp3) is 0.667. The molecule has 1 aliphatic rings. The first-order chi connectivity index (χ1) is 9.92. The van der Waals surface area contributed by atoms with Gasteiger partial charge in [0.25, 0.3) is 5.91 Å². The van der Waals surface area contributed by atoms with Gasteiger partial charge in [0.1, 0.15) is 16.9 Å². The quantitative estimate of drug-likeness (QED) is 0.889. The average molecular weight is 294 g/mol. The molecule has 1 amide bonds. The van der Waals surface area contributed by atoms with Crippen molar-refractivity contribution in [1.29, 1.82) is 0 Å². The fourth-order valence-electron chi connectivity index (χ4n) is 3.12. The molecule has 2 N–H and O–H groups in total. The second-order valence-corrected chi connectivity index (χ2v) is 5.79. The minimum absolute atomic E-state index is 0.0991. The van der Waals surface area contributed by atoms with E-state index in [1.807, 2.05) is 13.8 Å². The average Bonchev–Trinajstić information content (AvgIpc) is 2.82. The highest BCUT2D eigenvalue weighted by Gasteiger charge is 2.46. The number of rotatable bonds is 4. The second kappa shape index (κ2) is 5.87. The third-order valence-electron chi connectivity index (χ3n) is 4.51. The molecule has 2 unspecified atom stereocenters. The van der Waals surface area contributed by atoms with E-state index >= 15 is 0 Å². The lowest BCUT2D eigenvalue weighted by Crippen LogP contribution is -2.60. The number of aliphatic carboxylic acids is 1. The van der Waals surface area contributed by atoms with Crippen LogP contribution in [-0.4, -0.2) is 27.7 Å². The van der Waals surface area contributed by atoms with Crippen LogP contribution in [-0.2, 0) is 11.2 Å². The molecule has 116 valence electrons. The summed E-state index contributed by atoms with van der Waals surface area (Å²) in [6.45, 7) is 5.43. The van der Waals surface area contributed by atoms with E-state index in [1.165, 1.54) is 0 Å². The molecule has 2 atom stereocenters. The van der Waals surface area contributed by atoms with E-state index in [0.29, 0.717) is 29.9 Å². The number of aryl methyl sites for hydroxylation is 2. The molecule has 0 spiro atoms. The molecule has 1 fully saturated rings. The van der Waals surface area contributed by atoms with Gasteiger partial charge in [-0.05, 0) is 32.1 Å². The summed E-state index contributed by atoms with van der Waals surface area (Å²) in [6, 6.07) is 0. The standard InChI is InChI=1S/C15H22N2O4/c1-4-11-12(10(3)21-17-11)13(18)16-15(14(19)20)8-6-5-7-9(15)2/h9H,4-8H2,1-3H3,(H,16,18)(H,19,20). The predicted molar refractivity (Wildman–Crippen MR) is 76.1 cm³/mol. The third kappa shape index (κ3) is 2.66. The lowest BCUT2D eigenvalue weighted by Gasteiger charge is -2.39. The molecule has 1 aromatic heterocycles. The van der Waals surface area contributed by atoms with E-state index in [9.17, 15) is 14.7 Å². The van der Waals surface area contributed by atoms with Gasteiger partial charge in [0.05, 0.1) is 5.69 Å². The SMILES string of the molecule is CCc1noc(C)c1C(=O)NC1(C(=O)O)CCCCC1C. The Morgan fingerprint density at radius 1 is 1.48 bits per heavy atom. The molecule has 1 aromatic rings. The number of carbonyl (C=O) groups is 2. The molecule has 1 saturated carbocycles. The van der Waals surface area contributed by atoms with Crippen molar-refractivity contribution in [2.75, 3.05) is 0 Å². The molecule has 0 aliphatic heterocycles. The van der Waals surface area contributed by atoms with Gasteiger partial charge in [-0.3, -0.25) is 4.79 Å². The number of hydrogen-bond acceptors (Lipinski definition) is 4. The molecule has 21 heavy (non-hydrogen) atoms. The zero-order valence-corrected chi connectivity index (χ0v) is 12.7. The Balaban J connectivity index is 2.31. The van der Waals surface area contributed by atoms with Crippen molar-refractivity contribution in [1.82, 2.24) is 10.5 Å². The van der Waals surface area contributed by atoms with Crippen LogP contribution >= 0.6 is 0 Å². The Hall–Kier alpha value is -1.85. The van der Waals surface area contributed by atoms with Crippen molar-refractivity contribution in [3.05, 3.63) is 17.0 Å². The summed E-state index contributed by atoms with van der Waals surface area (Å²) >= 11 is 0. The molecular formula is C15H22N2O4. The smallest absolute Gasteiger partial charge is 0.329 e. The van der Waals surface area contributed by atoms with E-state index < -0.39 is 17.4 Å². The first kappa shape index (κ1) is 15.5. The number of hydrogen-bond donors (Lipinski definition) is 2. The Bertz CT molecular complexity index is 552. The van der Waals surface area contributed by atoms with Gasteiger partial charge in [0, 0.05) is 0 Å². The molecule has 0 bridgehead atoms. The third-order valence-corrected chi connectivity index (χ3v) is 4.51. The number of carboxylic acids is 1. The maximum Gasteiger partial charge on any atom is 0.329 e. The summed E-state index contributed by atoms with van der Waals surface area (Å²) in [4.78, 5) is 24.3. The van der Waals surface area contributed by atoms with E-state index in [4.69, 9.17) is 4.52 Å². The molecule has 6 heteroatoms. The van der Waals surface area contributed by atoms with Crippen molar-refractivity contribution in [3.63, 3.8) is 0 Å². The van der Waals surface area contributed by atoms with E-state index in [2.05, 4.69) is 10.5 Å². The van der Waals surface area contributed by atoms with Gasteiger partial charge in [-0.1, -0.05) is 31.8 Å². The van der Waals surface area contributed by atoms with Crippen LogP contribution in [0.2, 0.25) is 0 Å². The van der Waals surface area contributed by atoms with Crippen LogP contribution < -0.4 is 5.32 Å². The van der Waals surface area contributed by atoms with Gasteiger partial charge in [0.15, 0.2) is 0 Å². The Labute approximate surface area is 123 Å². The highest BCUT2D eigenvalue weighted by Crippen LogP contribution is 2.34. The number of carboxylic acid groups (broad SMARTS) is 1. The van der Waals surface area contributed by atoms with Gasteiger partial charge in [-0.25, -0.2) is 4.79 Å². The minimum atomic E-state index is -1.19. The van der Waals surface area contributed by atoms with Gasteiger partial charge in [0.2, 0.25) is 0 Å². The molecule has 0 saturated heterocycles. The topological polar surface area (TPSA) is 92.4 Å². The summed E-state index contributed by atoms with van der Waals surface area (Å²) < 4.78 is 5.06. The molecule has 0 aromatic carbocycles. The number of aromatic nitrogens is 1. The molecule has 1 heterocycles.